The molecule has 0 spiro atoms. The Bertz CT molecular complexity index is 887. The average Bonchev–Trinajstić information content (AvgIpc) is 3.62. The molecular formula is C30H47N3O5. The van der Waals surface area contributed by atoms with Crippen LogP contribution in [0.3, 0.4) is 0 Å². The highest BCUT2D eigenvalue weighted by Gasteiger charge is 2.40. The van der Waals surface area contributed by atoms with E-state index in [0.29, 0.717) is 25.7 Å². The van der Waals surface area contributed by atoms with Gasteiger partial charge in [-0.2, -0.15) is 0 Å². The second-order valence-corrected chi connectivity index (χ2v) is 11.0. The first-order valence-electron chi connectivity index (χ1n) is 14.2. The molecule has 3 N–H and O–H groups in total. The number of rotatable bonds is 19. The van der Waals surface area contributed by atoms with E-state index < -0.39 is 24.0 Å². The second-order valence-electron chi connectivity index (χ2n) is 11.0. The van der Waals surface area contributed by atoms with Gasteiger partial charge in [-0.25, -0.2) is 0 Å². The molecule has 3 amide bonds. The van der Waals surface area contributed by atoms with Gasteiger partial charge in [-0.1, -0.05) is 76.8 Å². The van der Waals surface area contributed by atoms with Crippen molar-refractivity contribution in [2.45, 2.75) is 116 Å². The maximum absolute atomic E-state index is 13.4. The molecule has 212 valence electrons. The highest BCUT2D eigenvalue weighted by Crippen LogP contribution is 2.34. The van der Waals surface area contributed by atoms with Gasteiger partial charge in [0.15, 0.2) is 0 Å². The molecule has 0 aromatic heterocycles. The number of aldehydes is 1. The molecule has 38 heavy (non-hydrogen) atoms. The maximum Gasteiger partial charge on any atom is 0.243 e. The van der Waals surface area contributed by atoms with Gasteiger partial charge in [-0.05, 0) is 44.1 Å². The largest absolute Gasteiger partial charge is 0.370 e. The molecule has 1 heterocycles. The molecule has 2 rings (SSSR count). The quantitative estimate of drug-likeness (QED) is 0.143. The summed E-state index contributed by atoms with van der Waals surface area (Å²) in [7, 11) is 0. The molecule has 0 bridgehead atoms. The first-order chi connectivity index (χ1) is 18.2. The van der Waals surface area contributed by atoms with Crippen LogP contribution in [0.4, 0.5) is 0 Å². The zero-order valence-corrected chi connectivity index (χ0v) is 23.6. The summed E-state index contributed by atoms with van der Waals surface area (Å²) < 4.78 is 5.46. The van der Waals surface area contributed by atoms with Gasteiger partial charge in [0.05, 0.1) is 18.2 Å². The van der Waals surface area contributed by atoms with Crippen molar-refractivity contribution < 1.29 is 23.9 Å². The third kappa shape index (κ3) is 11.8. The molecule has 0 aliphatic carbocycles. The first-order valence-corrected chi connectivity index (χ1v) is 14.2. The van der Waals surface area contributed by atoms with Gasteiger partial charge in [0, 0.05) is 12.8 Å². The van der Waals surface area contributed by atoms with Crippen molar-refractivity contribution in [3.63, 3.8) is 0 Å². The summed E-state index contributed by atoms with van der Waals surface area (Å²) in [5, 5.41) is 8.59. The number of unbranched alkanes of at least 4 members (excludes halogenated alkanes) is 3. The monoisotopic (exact) mass is 529 g/mol. The van der Waals surface area contributed by atoms with Crippen LogP contribution in [0.2, 0.25) is 0 Å². The van der Waals surface area contributed by atoms with Gasteiger partial charge < -0.3 is 25.5 Å². The minimum absolute atomic E-state index is 0.122. The summed E-state index contributed by atoms with van der Waals surface area (Å²) in [6.07, 6.45) is 7.53. The summed E-state index contributed by atoms with van der Waals surface area (Å²) in [5.74, 6) is -0.756. The van der Waals surface area contributed by atoms with E-state index in [4.69, 9.17) is 4.74 Å². The van der Waals surface area contributed by atoms with Gasteiger partial charge in [0.1, 0.15) is 18.4 Å². The van der Waals surface area contributed by atoms with Crippen molar-refractivity contribution in [2.24, 2.45) is 5.92 Å². The van der Waals surface area contributed by atoms with E-state index in [2.05, 4.69) is 22.9 Å². The van der Waals surface area contributed by atoms with Crippen molar-refractivity contribution in [2.75, 3.05) is 6.61 Å². The lowest BCUT2D eigenvalue weighted by Gasteiger charge is -2.25. The van der Waals surface area contributed by atoms with Crippen LogP contribution in [0.15, 0.2) is 30.3 Å². The Morgan fingerprint density at radius 2 is 1.63 bits per heavy atom. The predicted octanol–water partition coefficient (Wildman–Crippen LogP) is 3.86. The Morgan fingerprint density at radius 3 is 2.24 bits per heavy atom. The van der Waals surface area contributed by atoms with Gasteiger partial charge in [0.25, 0.3) is 0 Å². The lowest BCUT2D eigenvalue weighted by atomic mass is 9.92. The first kappa shape index (κ1) is 31.5. The van der Waals surface area contributed by atoms with Gasteiger partial charge in [-0.3, -0.25) is 14.4 Å². The van der Waals surface area contributed by atoms with E-state index in [1.807, 2.05) is 51.1 Å². The normalized spacial score (nSPS) is 19.5. The molecule has 0 radical (unpaired) electrons. The van der Waals surface area contributed by atoms with Crippen LogP contribution in [-0.2, 0) is 30.3 Å². The van der Waals surface area contributed by atoms with Gasteiger partial charge in [-0.15, -0.1) is 0 Å². The molecular weight excluding hydrogens is 482 g/mol. The number of carbonyl (C=O) groups excluding carboxylic acids is 4. The van der Waals surface area contributed by atoms with Crippen molar-refractivity contribution >= 4 is 24.0 Å². The van der Waals surface area contributed by atoms with E-state index in [0.717, 1.165) is 57.0 Å². The molecule has 1 fully saturated rings. The molecule has 5 atom stereocenters. The zero-order valence-electron chi connectivity index (χ0n) is 23.6. The van der Waals surface area contributed by atoms with Crippen LogP contribution in [0.25, 0.3) is 0 Å². The van der Waals surface area contributed by atoms with Crippen molar-refractivity contribution in [3.05, 3.63) is 35.9 Å². The fraction of sp³-hybridized carbons (Fsp3) is 0.667. The van der Waals surface area contributed by atoms with Crippen LogP contribution in [-0.4, -0.2) is 54.3 Å². The van der Waals surface area contributed by atoms with Crippen LogP contribution < -0.4 is 16.0 Å². The number of nitrogens with one attached hydrogen (secondary N) is 3. The van der Waals surface area contributed by atoms with Gasteiger partial charge >= 0.3 is 0 Å². The van der Waals surface area contributed by atoms with Crippen molar-refractivity contribution in [3.8, 4) is 0 Å². The highest BCUT2D eigenvalue weighted by atomic mass is 16.6. The van der Waals surface area contributed by atoms with E-state index in [1.54, 1.807) is 0 Å². The van der Waals surface area contributed by atoms with E-state index in [9.17, 15) is 19.2 Å². The molecule has 1 saturated heterocycles. The molecule has 1 aromatic rings. The van der Waals surface area contributed by atoms with Crippen LogP contribution in [0.5, 0.6) is 0 Å². The third-order valence-corrected chi connectivity index (χ3v) is 6.99. The summed E-state index contributed by atoms with van der Waals surface area (Å²) in [6.45, 7) is 8.90. The van der Waals surface area contributed by atoms with Gasteiger partial charge in [0.2, 0.25) is 17.7 Å². The number of carbonyl (C=O) groups is 4. The van der Waals surface area contributed by atoms with Crippen molar-refractivity contribution in [1.29, 1.82) is 0 Å². The lowest BCUT2D eigenvalue weighted by molar-refractivity contribution is -0.133. The average molecular weight is 530 g/mol. The molecule has 1 aliphatic rings. The smallest absolute Gasteiger partial charge is 0.243 e. The minimum Gasteiger partial charge on any atom is -0.370 e. The van der Waals surface area contributed by atoms with Crippen LogP contribution >= 0.6 is 0 Å². The Morgan fingerprint density at radius 1 is 0.974 bits per heavy atom. The number of ether oxygens (including phenoxy) is 1. The Balaban J connectivity index is 2.06. The Hall–Kier alpha value is -2.74. The van der Waals surface area contributed by atoms with Crippen molar-refractivity contribution in [1.82, 2.24) is 16.0 Å². The molecule has 1 unspecified atom stereocenters. The SMILES string of the molecule is CCCCCC(=O)N[C@@H](Cc1ccccc1)C(=O)N[C@@H](CCCC)C(=O)NC(C=O)C[C@H](C)C[C@]1(C)CO1. The number of hydrogen-bond acceptors (Lipinski definition) is 5. The maximum atomic E-state index is 13.4. The second kappa shape index (κ2) is 16.3. The minimum atomic E-state index is -0.801. The predicted molar refractivity (Wildman–Crippen MR) is 148 cm³/mol. The fourth-order valence-corrected chi connectivity index (χ4v) is 4.74. The summed E-state index contributed by atoms with van der Waals surface area (Å²) in [5.41, 5.74) is 0.794. The Labute approximate surface area is 228 Å². The molecule has 0 saturated carbocycles. The summed E-state index contributed by atoms with van der Waals surface area (Å²) >= 11 is 0. The van der Waals surface area contributed by atoms with E-state index >= 15 is 0 Å². The number of benzene rings is 1. The topological polar surface area (TPSA) is 117 Å². The lowest BCUT2D eigenvalue weighted by Crippen LogP contribution is -2.55. The third-order valence-electron chi connectivity index (χ3n) is 6.99. The number of amides is 3. The highest BCUT2D eigenvalue weighted by molar-refractivity contribution is 5.93. The van der Waals surface area contributed by atoms with E-state index in [-0.39, 0.29) is 23.3 Å². The number of epoxide rings is 1. The van der Waals surface area contributed by atoms with E-state index in [1.165, 1.54) is 0 Å². The Kier molecular flexibility index (Phi) is 13.5. The summed E-state index contributed by atoms with van der Waals surface area (Å²) in [4.78, 5) is 51.0. The molecule has 8 nitrogen and oxygen atoms in total. The molecule has 1 aliphatic heterocycles. The standard InChI is InChI=1S/C30H47N3O5/c1-5-7-10-16-27(35)32-26(18-23-13-11-9-12-14-23)29(37)33-25(15-8-6-2)28(36)31-24(20-34)17-22(3)19-30(4)21-38-30/h9,11-14,20,22,24-26H,5-8,10,15-19,21H2,1-4H3,(H,31,36)(H,32,35)(H,33,37)/t22-,24?,25-,26-,30+/m0/s1. The number of hydrogen-bond donors (Lipinski definition) is 3. The fourth-order valence-electron chi connectivity index (χ4n) is 4.74. The summed E-state index contributed by atoms with van der Waals surface area (Å²) in [6, 6.07) is 7.27. The van der Waals surface area contributed by atoms with Crippen LogP contribution in [0, 0.1) is 5.92 Å². The molecule has 1 aromatic carbocycles. The molecule has 8 heteroatoms. The van der Waals surface area contributed by atoms with Crippen LogP contribution in [0.1, 0.15) is 91.0 Å². The zero-order chi connectivity index (χ0) is 28.0.